The average molecular weight is 141 g/mol. The molecule has 0 aromatic rings. The highest BCUT2D eigenvalue weighted by atomic mass is 16.3. The molecule has 3 heteroatoms. The quantitative estimate of drug-likeness (QED) is 0.447. The van der Waals surface area contributed by atoms with Crippen LogP contribution in [0.25, 0.3) is 0 Å². The highest BCUT2D eigenvalue weighted by Crippen LogP contribution is 2.06. The molecule has 1 atom stereocenters. The lowest BCUT2D eigenvalue weighted by molar-refractivity contribution is 0.176. The van der Waals surface area contributed by atoms with Crippen molar-refractivity contribution in [2.24, 2.45) is 0 Å². The van der Waals surface area contributed by atoms with Gasteiger partial charge in [0.1, 0.15) is 5.76 Å². The van der Waals surface area contributed by atoms with Crippen LogP contribution >= 0.6 is 0 Å². The van der Waals surface area contributed by atoms with Crippen molar-refractivity contribution >= 4 is 0 Å². The van der Waals surface area contributed by atoms with E-state index in [9.17, 15) is 0 Å². The Balaban J connectivity index is 4.09. The van der Waals surface area contributed by atoms with Crippen LogP contribution < -0.4 is 0 Å². The predicted octanol–water partition coefficient (Wildman–Crippen LogP) is 1.11. The summed E-state index contributed by atoms with van der Waals surface area (Å²) >= 11 is 0. The van der Waals surface area contributed by atoms with Crippen LogP contribution in [0.15, 0.2) is 11.3 Å². The number of hydrogen-bond acceptors (Lipinski definition) is 3. The molecule has 0 rings (SSSR count). The third-order valence-corrected chi connectivity index (χ3v) is 1.09. The van der Waals surface area contributed by atoms with Gasteiger partial charge in [0.2, 0.25) is 0 Å². The summed E-state index contributed by atoms with van der Waals surface area (Å²) in [7, 11) is 0. The normalized spacial score (nSPS) is 15.4. The van der Waals surface area contributed by atoms with E-state index in [1.54, 1.807) is 13.0 Å². The number of nitriles is 1. The van der Waals surface area contributed by atoms with Crippen LogP contribution in [0.2, 0.25) is 0 Å². The maximum absolute atomic E-state index is 8.99. The molecule has 0 saturated carbocycles. The summed E-state index contributed by atoms with van der Waals surface area (Å²) in [6.45, 7) is 3.07. The van der Waals surface area contributed by atoms with Crippen LogP contribution in [-0.4, -0.2) is 16.3 Å². The lowest BCUT2D eigenvalue weighted by Crippen LogP contribution is -2.01. The van der Waals surface area contributed by atoms with Gasteiger partial charge in [-0.3, -0.25) is 0 Å². The molecule has 0 amide bonds. The molecule has 0 spiro atoms. The van der Waals surface area contributed by atoms with E-state index >= 15 is 0 Å². The highest BCUT2D eigenvalue weighted by Gasteiger charge is 2.02. The Kier molecular flexibility index (Phi) is 3.52. The second kappa shape index (κ2) is 3.91. The summed E-state index contributed by atoms with van der Waals surface area (Å²) in [4.78, 5) is 0. The first-order valence-electron chi connectivity index (χ1n) is 3.04. The second-order valence-electron chi connectivity index (χ2n) is 2.24. The number of nitrogens with zero attached hydrogens (tertiary/aromatic N) is 1. The fourth-order valence-corrected chi connectivity index (χ4v) is 0.497. The van der Waals surface area contributed by atoms with Gasteiger partial charge in [0.05, 0.1) is 17.7 Å². The predicted molar refractivity (Wildman–Crippen MR) is 37.2 cm³/mol. The van der Waals surface area contributed by atoms with Crippen molar-refractivity contribution in [3.63, 3.8) is 0 Å². The molecule has 0 radical (unpaired) electrons. The summed E-state index contributed by atoms with van der Waals surface area (Å²) in [5.74, 6) is -0.0301. The zero-order chi connectivity index (χ0) is 8.15. The minimum absolute atomic E-state index is 0.0301. The summed E-state index contributed by atoms with van der Waals surface area (Å²) in [6, 6.07) is 1.79. The maximum Gasteiger partial charge on any atom is 0.108 e. The van der Waals surface area contributed by atoms with Crippen LogP contribution in [0.4, 0.5) is 0 Å². The summed E-state index contributed by atoms with van der Waals surface area (Å²) in [6.07, 6.45) is -0.442. The molecule has 56 valence electrons. The summed E-state index contributed by atoms with van der Waals surface area (Å²) in [5, 5.41) is 26.0. The Bertz CT molecular complexity index is 177. The average Bonchev–Trinajstić information content (AvgIpc) is 1.85. The van der Waals surface area contributed by atoms with Gasteiger partial charge < -0.3 is 10.2 Å². The topological polar surface area (TPSA) is 64.2 Å². The Labute approximate surface area is 60.2 Å². The van der Waals surface area contributed by atoms with E-state index in [0.29, 0.717) is 0 Å². The monoisotopic (exact) mass is 141 g/mol. The minimum Gasteiger partial charge on any atom is -0.511 e. The third kappa shape index (κ3) is 3.10. The second-order valence-corrected chi connectivity index (χ2v) is 2.24. The number of allylic oxidation sites excluding steroid dienone is 1. The molecule has 0 aliphatic carbocycles. The zero-order valence-electron chi connectivity index (χ0n) is 6.13. The molecule has 0 bridgehead atoms. The largest absolute Gasteiger partial charge is 0.511 e. The van der Waals surface area contributed by atoms with Gasteiger partial charge in [-0.2, -0.15) is 5.26 Å². The molecule has 0 aromatic heterocycles. The molecule has 2 N–H and O–H groups in total. The van der Waals surface area contributed by atoms with E-state index < -0.39 is 6.10 Å². The number of aliphatic hydroxyl groups excluding tert-OH is 2. The minimum atomic E-state index is -0.594. The SMILES string of the molecule is CC(C#N)=C(O)CC(C)O. The molecule has 1 unspecified atom stereocenters. The Morgan fingerprint density at radius 2 is 2.20 bits per heavy atom. The molecular weight excluding hydrogens is 130 g/mol. The highest BCUT2D eigenvalue weighted by molar-refractivity contribution is 5.21. The van der Waals surface area contributed by atoms with Gasteiger partial charge >= 0.3 is 0 Å². The smallest absolute Gasteiger partial charge is 0.108 e. The van der Waals surface area contributed by atoms with E-state index in [1.807, 2.05) is 0 Å². The van der Waals surface area contributed by atoms with Crippen molar-refractivity contribution in [2.45, 2.75) is 26.4 Å². The van der Waals surface area contributed by atoms with E-state index in [-0.39, 0.29) is 17.8 Å². The van der Waals surface area contributed by atoms with Crippen molar-refractivity contribution in [3.05, 3.63) is 11.3 Å². The van der Waals surface area contributed by atoms with Crippen LogP contribution in [-0.2, 0) is 0 Å². The van der Waals surface area contributed by atoms with Gasteiger partial charge in [0.15, 0.2) is 0 Å². The first-order valence-corrected chi connectivity index (χ1v) is 3.04. The molecule has 0 aromatic carbocycles. The fraction of sp³-hybridized carbons (Fsp3) is 0.571. The van der Waals surface area contributed by atoms with Crippen LogP contribution in [0.3, 0.4) is 0 Å². The fourth-order valence-electron chi connectivity index (χ4n) is 0.497. The molecule has 10 heavy (non-hydrogen) atoms. The van der Waals surface area contributed by atoms with Crippen LogP contribution in [0.1, 0.15) is 20.3 Å². The third-order valence-electron chi connectivity index (χ3n) is 1.09. The standard InChI is InChI=1S/C7H11NO2/c1-5(4-8)7(10)3-6(2)9/h6,9-10H,3H2,1-2H3. The van der Waals surface area contributed by atoms with Gasteiger partial charge in [-0.1, -0.05) is 0 Å². The Morgan fingerprint density at radius 3 is 2.50 bits per heavy atom. The van der Waals surface area contributed by atoms with Gasteiger partial charge in [-0.05, 0) is 13.8 Å². The van der Waals surface area contributed by atoms with E-state index in [4.69, 9.17) is 15.5 Å². The number of aliphatic hydroxyl groups is 2. The lowest BCUT2D eigenvalue weighted by atomic mass is 10.2. The molecule has 0 saturated heterocycles. The zero-order valence-corrected chi connectivity index (χ0v) is 6.13. The van der Waals surface area contributed by atoms with E-state index in [2.05, 4.69) is 0 Å². The molecule has 0 aliphatic heterocycles. The van der Waals surface area contributed by atoms with Gasteiger partial charge in [0, 0.05) is 6.42 Å². The number of hydrogen-bond donors (Lipinski definition) is 2. The summed E-state index contributed by atoms with van der Waals surface area (Å²) < 4.78 is 0. The Morgan fingerprint density at radius 1 is 1.70 bits per heavy atom. The van der Waals surface area contributed by atoms with E-state index in [0.717, 1.165) is 0 Å². The lowest BCUT2D eigenvalue weighted by Gasteiger charge is -2.02. The Hall–Kier alpha value is -1.01. The van der Waals surface area contributed by atoms with Crippen molar-refractivity contribution in [3.8, 4) is 6.07 Å². The van der Waals surface area contributed by atoms with Crippen molar-refractivity contribution < 1.29 is 10.2 Å². The molecule has 3 nitrogen and oxygen atoms in total. The van der Waals surface area contributed by atoms with Crippen molar-refractivity contribution in [2.75, 3.05) is 0 Å². The first-order chi connectivity index (χ1) is 4.57. The van der Waals surface area contributed by atoms with Gasteiger partial charge in [-0.15, -0.1) is 0 Å². The summed E-state index contributed by atoms with van der Waals surface area (Å²) in [5.41, 5.74) is 0.265. The molecule has 0 aliphatic rings. The first kappa shape index (κ1) is 8.99. The number of rotatable bonds is 2. The molecule has 0 fully saturated rings. The van der Waals surface area contributed by atoms with Gasteiger partial charge in [-0.25, -0.2) is 0 Å². The van der Waals surface area contributed by atoms with E-state index in [1.165, 1.54) is 6.92 Å². The van der Waals surface area contributed by atoms with Crippen molar-refractivity contribution in [1.29, 1.82) is 5.26 Å². The molecular formula is C7H11NO2. The van der Waals surface area contributed by atoms with Crippen LogP contribution in [0.5, 0.6) is 0 Å². The van der Waals surface area contributed by atoms with Crippen molar-refractivity contribution in [1.82, 2.24) is 0 Å². The van der Waals surface area contributed by atoms with Gasteiger partial charge in [0.25, 0.3) is 0 Å². The molecule has 0 heterocycles. The maximum atomic E-state index is 8.99. The van der Waals surface area contributed by atoms with Crippen LogP contribution in [0, 0.1) is 11.3 Å².